The molecule has 0 spiro atoms. The van der Waals surface area contributed by atoms with Crippen LogP contribution in [0.4, 0.5) is 5.69 Å². The Morgan fingerprint density at radius 1 is 1.35 bits per heavy atom. The Kier molecular flexibility index (Phi) is 4.48. The maximum Gasteiger partial charge on any atom is 0.274 e. The van der Waals surface area contributed by atoms with E-state index in [0.29, 0.717) is 12.2 Å². The number of hydrogen-bond acceptors (Lipinski definition) is 3. The Balaban J connectivity index is 2.27. The molecule has 0 atom stereocenters. The van der Waals surface area contributed by atoms with Crippen molar-refractivity contribution in [1.82, 2.24) is 4.98 Å². The van der Waals surface area contributed by atoms with Crippen LogP contribution in [0, 0.1) is 6.92 Å². The van der Waals surface area contributed by atoms with Gasteiger partial charge >= 0.3 is 0 Å². The number of rotatable bonds is 4. The molecule has 4 nitrogen and oxygen atoms in total. The molecule has 0 radical (unpaired) electrons. The molecular weight excluding hydrogens is 250 g/mol. The van der Waals surface area contributed by atoms with Gasteiger partial charge in [-0.1, -0.05) is 25.1 Å². The minimum Gasteiger partial charge on any atom is -0.326 e. The van der Waals surface area contributed by atoms with Crippen LogP contribution in [0.15, 0.2) is 36.5 Å². The highest BCUT2D eigenvalue weighted by Crippen LogP contribution is 2.21. The van der Waals surface area contributed by atoms with E-state index in [1.165, 1.54) is 0 Å². The zero-order chi connectivity index (χ0) is 14.5. The summed E-state index contributed by atoms with van der Waals surface area (Å²) in [6.45, 7) is 4.45. The molecule has 0 saturated carbocycles. The Morgan fingerprint density at radius 2 is 2.15 bits per heavy atom. The highest BCUT2D eigenvalue weighted by Gasteiger charge is 2.11. The molecule has 0 saturated heterocycles. The number of nitrogens with one attached hydrogen (secondary N) is 1. The summed E-state index contributed by atoms with van der Waals surface area (Å²) in [5.74, 6) is -0.204. The summed E-state index contributed by atoms with van der Waals surface area (Å²) in [6.07, 6.45) is 2.48. The fourth-order valence-corrected chi connectivity index (χ4v) is 2.11. The minimum atomic E-state index is -0.204. The van der Waals surface area contributed by atoms with Gasteiger partial charge in [-0.05, 0) is 42.2 Å². The first kappa shape index (κ1) is 14.2. The largest absolute Gasteiger partial charge is 0.326 e. The summed E-state index contributed by atoms with van der Waals surface area (Å²) < 4.78 is 0. The van der Waals surface area contributed by atoms with Crippen molar-refractivity contribution in [2.75, 3.05) is 5.32 Å². The lowest BCUT2D eigenvalue weighted by Gasteiger charge is -2.12. The number of carbonyl (C=O) groups excluding carboxylic acids is 1. The van der Waals surface area contributed by atoms with Gasteiger partial charge in [0, 0.05) is 18.4 Å². The summed E-state index contributed by atoms with van der Waals surface area (Å²) >= 11 is 0. The quantitative estimate of drug-likeness (QED) is 0.896. The zero-order valence-corrected chi connectivity index (χ0v) is 11.8. The van der Waals surface area contributed by atoms with Crippen LogP contribution in [0.2, 0.25) is 0 Å². The van der Waals surface area contributed by atoms with Crippen LogP contribution in [0.5, 0.6) is 0 Å². The lowest BCUT2D eigenvalue weighted by molar-refractivity contribution is 0.102. The molecule has 104 valence electrons. The van der Waals surface area contributed by atoms with E-state index < -0.39 is 0 Å². The molecule has 0 fully saturated rings. The SMILES string of the molecule is CCc1cccc(C)c1NC(=O)c1cc(CN)ccn1. The Morgan fingerprint density at radius 3 is 2.85 bits per heavy atom. The second-order valence-corrected chi connectivity index (χ2v) is 4.67. The minimum absolute atomic E-state index is 0.204. The molecule has 0 aliphatic carbocycles. The number of pyridine rings is 1. The number of anilines is 1. The first-order chi connectivity index (χ1) is 9.65. The van der Waals surface area contributed by atoms with E-state index >= 15 is 0 Å². The number of benzene rings is 1. The maximum absolute atomic E-state index is 12.3. The van der Waals surface area contributed by atoms with Crippen LogP contribution in [0.25, 0.3) is 0 Å². The summed E-state index contributed by atoms with van der Waals surface area (Å²) in [4.78, 5) is 16.4. The predicted octanol–water partition coefficient (Wildman–Crippen LogP) is 2.66. The normalized spacial score (nSPS) is 10.3. The van der Waals surface area contributed by atoms with E-state index in [9.17, 15) is 4.79 Å². The number of aromatic nitrogens is 1. The number of amides is 1. The molecule has 0 aliphatic rings. The molecule has 1 aromatic carbocycles. The van der Waals surface area contributed by atoms with Crippen LogP contribution in [0.1, 0.15) is 34.1 Å². The third kappa shape index (κ3) is 3.03. The first-order valence-electron chi connectivity index (χ1n) is 6.70. The lowest BCUT2D eigenvalue weighted by Crippen LogP contribution is -2.16. The molecule has 2 aromatic rings. The summed E-state index contributed by atoms with van der Waals surface area (Å²) in [5.41, 5.74) is 9.91. The van der Waals surface area contributed by atoms with Crippen molar-refractivity contribution in [2.45, 2.75) is 26.8 Å². The number of nitrogens with zero attached hydrogens (tertiary/aromatic N) is 1. The first-order valence-corrected chi connectivity index (χ1v) is 6.70. The highest BCUT2D eigenvalue weighted by molar-refractivity contribution is 6.03. The van der Waals surface area contributed by atoms with E-state index in [0.717, 1.165) is 28.8 Å². The topological polar surface area (TPSA) is 68.0 Å². The Labute approximate surface area is 119 Å². The zero-order valence-electron chi connectivity index (χ0n) is 11.8. The molecule has 2 rings (SSSR count). The van der Waals surface area contributed by atoms with Crippen molar-refractivity contribution >= 4 is 11.6 Å². The third-order valence-electron chi connectivity index (χ3n) is 3.27. The van der Waals surface area contributed by atoms with Crippen molar-refractivity contribution in [2.24, 2.45) is 5.73 Å². The molecule has 1 heterocycles. The molecule has 0 aliphatic heterocycles. The van der Waals surface area contributed by atoms with Crippen molar-refractivity contribution in [3.05, 3.63) is 58.9 Å². The van der Waals surface area contributed by atoms with Gasteiger partial charge in [-0.25, -0.2) is 0 Å². The summed E-state index contributed by atoms with van der Waals surface area (Å²) in [7, 11) is 0. The smallest absolute Gasteiger partial charge is 0.274 e. The Hall–Kier alpha value is -2.20. The lowest BCUT2D eigenvalue weighted by atomic mass is 10.1. The summed E-state index contributed by atoms with van der Waals surface area (Å²) in [6, 6.07) is 9.53. The maximum atomic E-state index is 12.3. The number of nitrogens with two attached hydrogens (primary N) is 1. The van der Waals surface area contributed by atoms with E-state index in [1.54, 1.807) is 12.3 Å². The van der Waals surface area contributed by atoms with Gasteiger partial charge in [0.15, 0.2) is 0 Å². The van der Waals surface area contributed by atoms with Crippen molar-refractivity contribution in [1.29, 1.82) is 0 Å². The highest BCUT2D eigenvalue weighted by atomic mass is 16.1. The number of carbonyl (C=O) groups is 1. The predicted molar refractivity (Wildman–Crippen MR) is 80.6 cm³/mol. The van der Waals surface area contributed by atoms with Crippen LogP contribution in [-0.2, 0) is 13.0 Å². The molecular formula is C16H19N3O. The second-order valence-electron chi connectivity index (χ2n) is 4.67. The second kappa shape index (κ2) is 6.30. The van der Waals surface area contributed by atoms with Gasteiger partial charge in [0.25, 0.3) is 5.91 Å². The average Bonchev–Trinajstić information content (AvgIpc) is 2.49. The van der Waals surface area contributed by atoms with E-state index in [2.05, 4.69) is 17.2 Å². The van der Waals surface area contributed by atoms with Gasteiger partial charge < -0.3 is 11.1 Å². The fourth-order valence-electron chi connectivity index (χ4n) is 2.11. The number of aryl methyl sites for hydroxylation is 2. The summed E-state index contributed by atoms with van der Waals surface area (Å²) in [5, 5.41) is 2.96. The van der Waals surface area contributed by atoms with Crippen LogP contribution in [0.3, 0.4) is 0 Å². The van der Waals surface area contributed by atoms with Gasteiger partial charge in [0.05, 0.1) is 0 Å². The molecule has 4 heteroatoms. The van der Waals surface area contributed by atoms with Crippen LogP contribution < -0.4 is 11.1 Å². The third-order valence-corrected chi connectivity index (χ3v) is 3.27. The van der Waals surface area contributed by atoms with Gasteiger partial charge in [-0.2, -0.15) is 0 Å². The van der Waals surface area contributed by atoms with Gasteiger partial charge in [-0.3, -0.25) is 9.78 Å². The van der Waals surface area contributed by atoms with E-state index in [4.69, 9.17) is 5.73 Å². The van der Waals surface area contributed by atoms with Crippen molar-refractivity contribution < 1.29 is 4.79 Å². The van der Waals surface area contributed by atoms with Gasteiger partial charge in [0.1, 0.15) is 5.69 Å². The van der Waals surface area contributed by atoms with Crippen LogP contribution >= 0.6 is 0 Å². The molecule has 0 bridgehead atoms. The van der Waals surface area contributed by atoms with Crippen molar-refractivity contribution in [3.8, 4) is 0 Å². The van der Waals surface area contributed by atoms with E-state index in [-0.39, 0.29) is 5.91 Å². The number of hydrogen-bond donors (Lipinski definition) is 2. The fraction of sp³-hybridized carbons (Fsp3) is 0.250. The molecule has 20 heavy (non-hydrogen) atoms. The van der Waals surface area contributed by atoms with Crippen molar-refractivity contribution in [3.63, 3.8) is 0 Å². The average molecular weight is 269 g/mol. The molecule has 1 aromatic heterocycles. The van der Waals surface area contributed by atoms with Gasteiger partial charge in [0.2, 0.25) is 0 Å². The van der Waals surface area contributed by atoms with Gasteiger partial charge in [-0.15, -0.1) is 0 Å². The molecule has 0 unspecified atom stereocenters. The Bertz CT molecular complexity index is 623. The monoisotopic (exact) mass is 269 g/mol. The standard InChI is InChI=1S/C16H19N3O/c1-3-13-6-4-5-11(2)15(13)19-16(20)14-9-12(10-17)7-8-18-14/h4-9H,3,10,17H2,1-2H3,(H,19,20). The molecule has 3 N–H and O–H groups in total. The number of para-hydroxylation sites is 1. The van der Waals surface area contributed by atoms with Crippen LogP contribution in [-0.4, -0.2) is 10.9 Å². The van der Waals surface area contributed by atoms with E-state index in [1.807, 2.05) is 31.2 Å². The molecule has 1 amide bonds.